The second kappa shape index (κ2) is 7.23. The van der Waals surface area contributed by atoms with E-state index in [-0.39, 0.29) is 17.9 Å². The smallest absolute Gasteiger partial charge is 0.226 e. The third-order valence-corrected chi connectivity index (χ3v) is 4.24. The Morgan fingerprint density at radius 1 is 1.05 bits per heavy atom. The van der Waals surface area contributed by atoms with Crippen molar-refractivity contribution in [2.75, 3.05) is 13.1 Å². The molecule has 2 aromatic carbocycles. The van der Waals surface area contributed by atoms with Crippen LogP contribution in [0.5, 0.6) is 0 Å². The minimum absolute atomic E-state index is 0.0782. The number of nitrogens with one attached hydrogen (secondary N) is 2. The standard InChI is InChI=1S/C19H22N2O/c22-19(17-13-20-14-17)21-18(16-9-5-2-6-10-16)12-11-15-7-3-1-4-8-15/h1-10,17-18,20H,11-14H2,(H,21,22). The molecule has 2 N–H and O–H groups in total. The van der Waals surface area contributed by atoms with Gasteiger partial charge in [0.15, 0.2) is 0 Å². The Hall–Kier alpha value is -2.13. The molecule has 114 valence electrons. The van der Waals surface area contributed by atoms with Crippen LogP contribution in [0.1, 0.15) is 23.6 Å². The van der Waals surface area contributed by atoms with E-state index >= 15 is 0 Å². The first-order valence-electron chi connectivity index (χ1n) is 7.93. The maximum absolute atomic E-state index is 12.3. The predicted molar refractivity (Wildman–Crippen MR) is 88.4 cm³/mol. The SMILES string of the molecule is O=C(NC(CCc1ccccc1)c1ccccc1)C1CNC1. The van der Waals surface area contributed by atoms with Crippen LogP contribution in [0.25, 0.3) is 0 Å². The lowest BCUT2D eigenvalue weighted by Gasteiger charge is -2.29. The van der Waals surface area contributed by atoms with Crippen LogP contribution in [0.2, 0.25) is 0 Å². The van der Waals surface area contributed by atoms with Crippen molar-refractivity contribution in [2.45, 2.75) is 18.9 Å². The lowest BCUT2D eigenvalue weighted by Crippen LogP contribution is -2.51. The van der Waals surface area contributed by atoms with E-state index in [1.54, 1.807) is 0 Å². The van der Waals surface area contributed by atoms with E-state index in [2.05, 4.69) is 47.0 Å². The molecule has 3 nitrogen and oxygen atoms in total. The van der Waals surface area contributed by atoms with Crippen LogP contribution in [0.3, 0.4) is 0 Å². The van der Waals surface area contributed by atoms with E-state index in [1.165, 1.54) is 11.1 Å². The second-order valence-corrected chi connectivity index (χ2v) is 5.85. The highest BCUT2D eigenvalue weighted by Crippen LogP contribution is 2.20. The number of hydrogen-bond acceptors (Lipinski definition) is 2. The molecule has 1 heterocycles. The van der Waals surface area contributed by atoms with Crippen LogP contribution in [-0.2, 0) is 11.2 Å². The molecule has 1 unspecified atom stereocenters. The summed E-state index contributed by atoms with van der Waals surface area (Å²) in [6.45, 7) is 1.60. The normalized spacial score (nSPS) is 15.8. The van der Waals surface area contributed by atoms with E-state index in [4.69, 9.17) is 0 Å². The van der Waals surface area contributed by atoms with Crippen LogP contribution in [0, 0.1) is 5.92 Å². The van der Waals surface area contributed by atoms with Gasteiger partial charge in [-0.3, -0.25) is 4.79 Å². The average Bonchev–Trinajstić information content (AvgIpc) is 2.51. The van der Waals surface area contributed by atoms with Crippen molar-refractivity contribution >= 4 is 5.91 Å². The molecule has 22 heavy (non-hydrogen) atoms. The quantitative estimate of drug-likeness (QED) is 0.860. The van der Waals surface area contributed by atoms with Crippen molar-refractivity contribution in [3.63, 3.8) is 0 Å². The van der Waals surface area contributed by atoms with Gasteiger partial charge in [0.1, 0.15) is 0 Å². The summed E-state index contributed by atoms with van der Waals surface area (Å²) in [6, 6.07) is 20.8. The zero-order valence-electron chi connectivity index (χ0n) is 12.7. The van der Waals surface area contributed by atoms with E-state index in [0.717, 1.165) is 25.9 Å². The number of rotatable bonds is 6. The van der Waals surface area contributed by atoms with Gasteiger partial charge in [-0.2, -0.15) is 0 Å². The summed E-state index contributed by atoms with van der Waals surface area (Å²) in [5, 5.41) is 6.38. The Morgan fingerprint density at radius 3 is 2.27 bits per heavy atom. The van der Waals surface area contributed by atoms with E-state index < -0.39 is 0 Å². The molecular weight excluding hydrogens is 272 g/mol. The van der Waals surface area contributed by atoms with Gasteiger partial charge < -0.3 is 10.6 Å². The first-order valence-corrected chi connectivity index (χ1v) is 7.93. The Bertz CT molecular complexity index is 593. The summed E-state index contributed by atoms with van der Waals surface area (Å²) < 4.78 is 0. The highest BCUT2D eigenvalue weighted by atomic mass is 16.2. The highest BCUT2D eigenvalue weighted by Gasteiger charge is 2.26. The summed E-state index contributed by atoms with van der Waals surface area (Å²) >= 11 is 0. The van der Waals surface area contributed by atoms with E-state index in [0.29, 0.717) is 0 Å². The van der Waals surface area contributed by atoms with Crippen LogP contribution in [0.15, 0.2) is 60.7 Å². The third-order valence-electron chi connectivity index (χ3n) is 4.24. The maximum atomic E-state index is 12.3. The molecule has 1 aliphatic heterocycles. The number of carbonyl (C=O) groups is 1. The molecule has 1 saturated heterocycles. The zero-order valence-corrected chi connectivity index (χ0v) is 12.7. The largest absolute Gasteiger partial charge is 0.349 e. The summed E-state index contributed by atoms with van der Waals surface area (Å²) in [5.41, 5.74) is 2.49. The van der Waals surface area contributed by atoms with Crippen molar-refractivity contribution in [2.24, 2.45) is 5.92 Å². The van der Waals surface area contributed by atoms with E-state index in [1.807, 2.05) is 24.3 Å². The van der Waals surface area contributed by atoms with Crippen LogP contribution in [0.4, 0.5) is 0 Å². The number of aryl methyl sites for hydroxylation is 1. The molecular formula is C19H22N2O. The fourth-order valence-electron chi connectivity index (χ4n) is 2.73. The third kappa shape index (κ3) is 3.74. The van der Waals surface area contributed by atoms with Crippen LogP contribution in [-0.4, -0.2) is 19.0 Å². The second-order valence-electron chi connectivity index (χ2n) is 5.85. The fourth-order valence-corrected chi connectivity index (χ4v) is 2.73. The van der Waals surface area contributed by atoms with Gasteiger partial charge in [0, 0.05) is 13.1 Å². The van der Waals surface area contributed by atoms with Crippen molar-refractivity contribution < 1.29 is 4.79 Å². The molecule has 3 heteroatoms. The lowest BCUT2D eigenvalue weighted by molar-refractivity contribution is -0.127. The van der Waals surface area contributed by atoms with Crippen LogP contribution >= 0.6 is 0 Å². The Balaban J connectivity index is 1.67. The first kappa shape index (κ1) is 14.8. The molecule has 0 aromatic heterocycles. The van der Waals surface area contributed by atoms with Gasteiger partial charge >= 0.3 is 0 Å². The predicted octanol–water partition coefficient (Wildman–Crippen LogP) is 2.70. The molecule has 0 spiro atoms. The van der Waals surface area contributed by atoms with Crippen molar-refractivity contribution in [3.8, 4) is 0 Å². The van der Waals surface area contributed by atoms with Gasteiger partial charge in [0.2, 0.25) is 5.91 Å². The van der Waals surface area contributed by atoms with Crippen molar-refractivity contribution in [3.05, 3.63) is 71.8 Å². The van der Waals surface area contributed by atoms with Gasteiger partial charge in [0.25, 0.3) is 0 Å². The Morgan fingerprint density at radius 2 is 1.68 bits per heavy atom. The lowest BCUT2D eigenvalue weighted by atomic mass is 9.96. The molecule has 3 rings (SSSR count). The summed E-state index contributed by atoms with van der Waals surface area (Å²) in [5.74, 6) is 0.295. The molecule has 1 amide bonds. The van der Waals surface area contributed by atoms with Crippen LogP contribution < -0.4 is 10.6 Å². The van der Waals surface area contributed by atoms with Gasteiger partial charge in [-0.25, -0.2) is 0 Å². The molecule has 0 bridgehead atoms. The fraction of sp³-hybridized carbons (Fsp3) is 0.316. The molecule has 0 radical (unpaired) electrons. The minimum atomic E-state index is 0.0782. The molecule has 1 fully saturated rings. The molecule has 0 aliphatic carbocycles. The molecule has 2 aromatic rings. The monoisotopic (exact) mass is 294 g/mol. The van der Waals surface area contributed by atoms with Gasteiger partial charge in [-0.05, 0) is 24.0 Å². The maximum Gasteiger partial charge on any atom is 0.226 e. The number of hydrogen-bond donors (Lipinski definition) is 2. The van der Waals surface area contributed by atoms with Gasteiger partial charge in [0.05, 0.1) is 12.0 Å². The number of benzene rings is 2. The number of amides is 1. The Labute approximate surface area is 131 Å². The van der Waals surface area contributed by atoms with Crippen molar-refractivity contribution in [1.82, 2.24) is 10.6 Å². The topological polar surface area (TPSA) is 41.1 Å². The van der Waals surface area contributed by atoms with Gasteiger partial charge in [-0.1, -0.05) is 60.7 Å². The molecule has 0 saturated carbocycles. The van der Waals surface area contributed by atoms with E-state index in [9.17, 15) is 4.79 Å². The highest BCUT2D eigenvalue weighted by molar-refractivity contribution is 5.80. The van der Waals surface area contributed by atoms with Crippen molar-refractivity contribution in [1.29, 1.82) is 0 Å². The zero-order chi connectivity index (χ0) is 15.2. The number of carbonyl (C=O) groups excluding carboxylic acids is 1. The first-order chi connectivity index (χ1) is 10.8. The van der Waals surface area contributed by atoms with Gasteiger partial charge in [-0.15, -0.1) is 0 Å². The summed E-state index contributed by atoms with van der Waals surface area (Å²) in [6.07, 6.45) is 1.88. The summed E-state index contributed by atoms with van der Waals surface area (Å²) in [4.78, 5) is 12.3. The average molecular weight is 294 g/mol. The Kier molecular flexibility index (Phi) is 4.86. The minimum Gasteiger partial charge on any atom is -0.349 e. The molecule has 1 aliphatic rings. The molecule has 1 atom stereocenters. The summed E-state index contributed by atoms with van der Waals surface area (Å²) in [7, 11) is 0.